The van der Waals surface area contributed by atoms with Crippen LogP contribution in [0.3, 0.4) is 0 Å². The summed E-state index contributed by atoms with van der Waals surface area (Å²) in [5.74, 6) is 0.626. The molecule has 2 aromatic carbocycles. The Kier molecular flexibility index (Phi) is 7.01. The van der Waals surface area contributed by atoms with Crippen LogP contribution in [0.25, 0.3) is 0 Å². The van der Waals surface area contributed by atoms with Crippen LogP contribution in [0.5, 0.6) is 5.75 Å². The summed E-state index contributed by atoms with van der Waals surface area (Å²) in [7, 11) is -2.32. The second-order valence-corrected chi connectivity index (χ2v) is 8.28. The largest absolute Gasteiger partial charge is 0.497 e. The lowest BCUT2D eigenvalue weighted by Crippen LogP contribution is -2.37. The molecule has 0 atom stereocenters. The van der Waals surface area contributed by atoms with Crippen molar-refractivity contribution in [3.05, 3.63) is 42.5 Å². The van der Waals surface area contributed by atoms with Gasteiger partial charge in [-0.2, -0.15) is 0 Å². The summed E-state index contributed by atoms with van der Waals surface area (Å²) >= 11 is 0. The van der Waals surface area contributed by atoms with Crippen LogP contribution in [0.2, 0.25) is 0 Å². The molecule has 2 aromatic rings. The Labute approximate surface area is 176 Å². The second kappa shape index (κ2) is 9.68. The zero-order valence-corrected chi connectivity index (χ0v) is 17.8. The number of nitrogens with zero attached hydrogens (tertiary/aromatic N) is 1. The van der Waals surface area contributed by atoms with Crippen molar-refractivity contribution in [1.82, 2.24) is 5.32 Å². The van der Waals surface area contributed by atoms with Gasteiger partial charge in [0.25, 0.3) is 10.0 Å². The molecule has 3 rings (SSSR count). The van der Waals surface area contributed by atoms with E-state index >= 15 is 0 Å². The third kappa shape index (κ3) is 5.33. The molecule has 10 heteroatoms. The van der Waals surface area contributed by atoms with Gasteiger partial charge in [-0.3, -0.25) is 4.72 Å². The molecule has 1 aliphatic rings. The number of urea groups is 1. The van der Waals surface area contributed by atoms with Gasteiger partial charge in [0.05, 0.1) is 36.6 Å². The second-order valence-electron chi connectivity index (χ2n) is 6.60. The minimum Gasteiger partial charge on any atom is -0.497 e. The molecule has 3 N–H and O–H groups in total. The lowest BCUT2D eigenvalue weighted by molar-refractivity contribution is 0.123. The van der Waals surface area contributed by atoms with Crippen molar-refractivity contribution in [1.29, 1.82) is 0 Å². The Morgan fingerprint density at radius 3 is 2.47 bits per heavy atom. The van der Waals surface area contributed by atoms with Gasteiger partial charge in [0, 0.05) is 25.3 Å². The number of amides is 2. The summed E-state index contributed by atoms with van der Waals surface area (Å²) in [5, 5.41) is 5.42. The number of nitrogens with one attached hydrogen (secondary N) is 3. The number of benzene rings is 2. The SMILES string of the molecule is CCNC(=O)Nc1cc(S(=O)(=O)Nc2ccc(OC)cc2)ccc1N1CCOCC1. The first kappa shape index (κ1) is 21.7. The molecule has 0 aromatic heterocycles. The third-order valence-electron chi connectivity index (χ3n) is 4.56. The average molecular weight is 435 g/mol. The minimum absolute atomic E-state index is 0.0436. The topological polar surface area (TPSA) is 109 Å². The van der Waals surface area contributed by atoms with Gasteiger partial charge in [-0.05, 0) is 49.4 Å². The van der Waals surface area contributed by atoms with Crippen molar-refractivity contribution in [2.75, 3.05) is 54.9 Å². The molecule has 162 valence electrons. The molecular formula is C20H26N4O5S. The fourth-order valence-electron chi connectivity index (χ4n) is 3.06. The van der Waals surface area contributed by atoms with Crippen molar-refractivity contribution in [2.24, 2.45) is 0 Å². The van der Waals surface area contributed by atoms with E-state index in [1.54, 1.807) is 37.4 Å². The first-order valence-electron chi connectivity index (χ1n) is 9.61. The highest BCUT2D eigenvalue weighted by molar-refractivity contribution is 7.92. The molecule has 1 heterocycles. The molecule has 0 aliphatic carbocycles. The average Bonchev–Trinajstić information content (AvgIpc) is 2.75. The van der Waals surface area contributed by atoms with Crippen LogP contribution in [-0.4, -0.2) is 54.4 Å². The molecule has 1 fully saturated rings. The molecule has 0 radical (unpaired) electrons. The smallest absolute Gasteiger partial charge is 0.319 e. The molecule has 0 unspecified atom stereocenters. The monoisotopic (exact) mass is 434 g/mol. The molecular weight excluding hydrogens is 408 g/mol. The zero-order valence-electron chi connectivity index (χ0n) is 17.0. The number of methoxy groups -OCH3 is 1. The standard InChI is InChI=1S/C20H26N4O5S/c1-3-21-20(25)22-18-14-17(8-9-19(18)24-10-12-29-13-11-24)30(26,27)23-15-4-6-16(28-2)7-5-15/h4-9,14,23H,3,10-13H2,1-2H3,(H2,21,22,25). The Balaban J connectivity index is 1.89. The van der Waals surface area contributed by atoms with Gasteiger partial charge in [-0.25, -0.2) is 13.2 Å². The summed E-state index contributed by atoms with van der Waals surface area (Å²) in [5.41, 5.74) is 1.57. The normalized spacial score (nSPS) is 14.1. The number of sulfonamides is 1. The van der Waals surface area contributed by atoms with Crippen molar-refractivity contribution >= 4 is 33.1 Å². The number of anilines is 3. The fourth-order valence-corrected chi connectivity index (χ4v) is 4.15. The Morgan fingerprint density at radius 2 is 1.83 bits per heavy atom. The first-order valence-corrected chi connectivity index (χ1v) is 11.1. The Bertz CT molecular complexity index is 973. The predicted octanol–water partition coefficient (Wildman–Crippen LogP) is 2.47. The number of carbonyl (C=O) groups excluding carboxylic acids is 1. The number of ether oxygens (including phenoxy) is 2. The van der Waals surface area contributed by atoms with E-state index in [2.05, 4.69) is 20.3 Å². The number of rotatable bonds is 7. The van der Waals surface area contributed by atoms with Crippen LogP contribution in [0, 0.1) is 0 Å². The van der Waals surface area contributed by atoms with Crippen molar-refractivity contribution in [3.63, 3.8) is 0 Å². The van der Waals surface area contributed by atoms with Crippen LogP contribution in [0.15, 0.2) is 47.4 Å². The van der Waals surface area contributed by atoms with Gasteiger partial charge < -0.3 is 25.0 Å². The third-order valence-corrected chi connectivity index (χ3v) is 5.94. The van der Waals surface area contributed by atoms with Crippen LogP contribution < -0.4 is 25.0 Å². The van der Waals surface area contributed by atoms with Crippen LogP contribution in [0.1, 0.15) is 6.92 Å². The summed E-state index contributed by atoms with van der Waals surface area (Å²) in [6, 6.07) is 10.9. The molecule has 1 aliphatic heterocycles. The van der Waals surface area contributed by atoms with E-state index in [4.69, 9.17) is 9.47 Å². The van der Waals surface area contributed by atoms with Gasteiger partial charge in [-0.15, -0.1) is 0 Å². The van der Waals surface area contributed by atoms with Crippen LogP contribution >= 0.6 is 0 Å². The quantitative estimate of drug-likeness (QED) is 0.618. The summed E-state index contributed by atoms with van der Waals surface area (Å²) in [4.78, 5) is 14.2. The Morgan fingerprint density at radius 1 is 1.13 bits per heavy atom. The number of carbonyl (C=O) groups is 1. The molecule has 30 heavy (non-hydrogen) atoms. The van der Waals surface area contributed by atoms with Crippen LogP contribution in [0.4, 0.5) is 21.9 Å². The van der Waals surface area contributed by atoms with Crippen LogP contribution in [-0.2, 0) is 14.8 Å². The predicted molar refractivity (Wildman–Crippen MR) is 116 cm³/mol. The van der Waals surface area contributed by atoms with E-state index in [-0.39, 0.29) is 4.90 Å². The lowest BCUT2D eigenvalue weighted by Gasteiger charge is -2.30. The highest BCUT2D eigenvalue weighted by atomic mass is 32.2. The van der Waals surface area contributed by atoms with Gasteiger partial charge in [-0.1, -0.05) is 0 Å². The minimum atomic E-state index is -3.86. The fraction of sp³-hybridized carbons (Fsp3) is 0.350. The summed E-state index contributed by atoms with van der Waals surface area (Å²) in [6.45, 7) is 4.71. The zero-order chi connectivity index (χ0) is 21.6. The molecule has 0 spiro atoms. The van der Waals surface area contributed by atoms with E-state index in [0.717, 1.165) is 5.69 Å². The molecule has 2 amide bonds. The maximum atomic E-state index is 12.9. The highest BCUT2D eigenvalue weighted by Crippen LogP contribution is 2.30. The van der Waals surface area contributed by atoms with Gasteiger partial charge in [0.1, 0.15) is 5.75 Å². The van der Waals surface area contributed by atoms with E-state index < -0.39 is 16.1 Å². The number of morpholine rings is 1. The molecule has 0 bridgehead atoms. The maximum Gasteiger partial charge on any atom is 0.319 e. The number of hydrogen-bond acceptors (Lipinski definition) is 6. The lowest BCUT2D eigenvalue weighted by atomic mass is 10.2. The van der Waals surface area contributed by atoms with Crippen molar-refractivity contribution < 1.29 is 22.7 Å². The molecule has 0 saturated carbocycles. The summed E-state index contributed by atoms with van der Waals surface area (Å²) in [6.07, 6.45) is 0. The van der Waals surface area contributed by atoms with E-state index in [1.807, 2.05) is 6.92 Å². The van der Waals surface area contributed by atoms with E-state index in [1.165, 1.54) is 12.1 Å². The maximum absolute atomic E-state index is 12.9. The summed E-state index contributed by atoms with van der Waals surface area (Å²) < 4.78 is 38.8. The van der Waals surface area contributed by atoms with Gasteiger partial charge in [0.15, 0.2) is 0 Å². The molecule has 1 saturated heterocycles. The highest BCUT2D eigenvalue weighted by Gasteiger charge is 2.21. The van der Waals surface area contributed by atoms with Crippen molar-refractivity contribution in [3.8, 4) is 5.75 Å². The number of hydrogen-bond donors (Lipinski definition) is 3. The van der Waals surface area contributed by atoms with Gasteiger partial charge >= 0.3 is 6.03 Å². The first-order chi connectivity index (χ1) is 14.4. The Hall–Kier alpha value is -2.98. The van der Waals surface area contributed by atoms with E-state index in [9.17, 15) is 13.2 Å². The van der Waals surface area contributed by atoms with Gasteiger partial charge in [0.2, 0.25) is 0 Å². The molecule has 9 nitrogen and oxygen atoms in total. The van der Waals surface area contributed by atoms with Crippen molar-refractivity contribution in [2.45, 2.75) is 11.8 Å². The van der Waals surface area contributed by atoms with E-state index in [0.29, 0.717) is 50.0 Å².